The molecule has 0 unspecified atom stereocenters. The molecular weight excluding hydrogens is 258 g/mol. The van der Waals surface area contributed by atoms with Gasteiger partial charge in [-0.3, -0.25) is 34.7 Å². The van der Waals surface area contributed by atoms with E-state index < -0.39 is 27.1 Å². The summed E-state index contributed by atoms with van der Waals surface area (Å²) in [5.41, 5.74) is -1.13. The van der Waals surface area contributed by atoms with E-state index in [0.717, 1.165) is 23.1 Å². The Morgan fingerprint density at radius 1 is 1.11 bits per heavy atom. The molecule has 0 saturated carbocycles. The third kappa shape index (κ3) is 2.25. The van der Waals surface area contributed by atoms with Crippen LogP contribution < -0.4 is 4.90 Å². The molecule has 0 spiro atoms. The maximum atomic E-state index is 11.5. The van der Waals surface area contributed by atoms with Gasteiger partial charge < -0.3 is 0 Å². The molecule has 1 saturated heterocycles. The van der Waals surface area contributed by atoms with Crippen LogP contribution in [0, 0.1) is 20.2 Å². The van der Waals surface area contributed by atoms with Crippen LogP contribution in [0.15, 0.2) is 18.2 Å². The number of non-ortho nitro benzene ring substituents is 1. The van der Waals surface area contributed by atoms with Crippen molar-refractivity contribution < 1.29 is 19.4 Å². The van der Waals surface area contributed by atoms with Crippen molar-refractivity contribution in [2.75, 3.05) is 11.4 Å². The van der Waals surface area contributed by atoms with Gasteiger partial charge in [-0.25, -0.2) is 0 Å². The minimum Gasteiger partial charge on any atom is -0.299 e. The number of hydrogen-bond donors (Lipinski definition) is 0. The fourth-order valence-electron chi connectivity index (χ4n) is 1.80. The van der Waals surface area contributed by atoms with E-state index in [-0.39, 0.29) is 24.4 Å². The predicted molar refractivity (Wildman–Crippen MR) is 61.7 cm³/mol. The summed E-state index contributed by atoms with van der Waals surface area (Å²) in [5, 5.41) is 21.5. The molecule has 0 radical (unpaired) electrons. The number of anilines is 1. The second-order valence-electron chi connectivity index (χ2n) is 3.88. The molecule has 19 heavy (non-hydrogen) atoms. The zero-order chi connectivity index (χ0) is 14.2. The third-order valence-electron chi connectivity index (χ3n) is 2.64. The van der Waals surface area contributed by atoms with Gasteiger partial charge in [0.2, 0.25) is 5.91 Å². The molecule has 9 nitrogen and oxygen atoms in total. The van der Waals surface area contributed by atoms with Crippen LogP contribution in [0.25, 0.3) is 0 Å². The molecule has 1 heterocycles. The minimum atomic E-state index is -0.821. The van der Waals surface area contributed by atoms with Crippen LogP contribution >= 0.6 is 0 Å². The number of Topliss-reactive ketones (excluding diaryl/α,β-unsaturated/α-hetero) is 1. The summed E-state index contributed by atoms with van der Waals surface area (Å²) in [6.45, 7) is -0.252. The number of carbonyl (C=O) groups is 2. The molecule has 0 N–H and O–H groups in total. The van der Waals surface area contributed by atoms with Crippen molar-refractivity contribution in [1.82, 2.24) is 0 Å². The molecule has 0 bridgehead atoms. The molecular formula is C10H7N3O6. The first-order chi connectivity index (χ1) is 8.90. The van der Waals surface area contributed by atoms with Gasteiger partial charge >= 0.3 is 0 Å². The lowest BCUT2D eigenvalue weighted by molar-refractivity contribution is -0.393. The van der Waals surface area contributed by atoms with Crippen LogP contribution in [0.2, 0.25) is 0 Å². The Morgan fingerprint density at radius 2 is 1.79 bits per heavy atom. The fraction of sp³-hybridized carbons (Fsp3) is 0.200. The summed E-state index contributed by atoms with van der Waals surface area (Å²) in [4.78, 5) is 43.5. The first-order valence-corrected chi connectivity index (χ1v) is 5.15. The highest BCUT2D eigenvalue weighted by Gasteiger charge is 2.33. The molecule has 1 aliphatic heterocycles. The molecule has 1 amide bonds. The quantitative estimate of drug-likeness (QED) is 0.452. The van der Waals surface area contributed by atoms with Gasteiger partial charge in [-0.05, 0) is 6.07 Å². The Balaban J connectivity index is 2.51. The summed E-state index contributed by atoms with van der Waals surface area (Å²) in [5.74, 6) is -0.903. The van der Waals surface area contributed by atoms with Crippen molar-refractivity contribution in [3.63, 3.8) is 0 Å². The highest BCUT2D eigenvalue weighted by atomic mass is 16.6. The van der Waals surface area contributed by atoms with Gasteiger partial charge in [0.15, 0.2) is 5.78 Å². The number of carbonyl (C=O) groups excluding carboxylic acids is 2. The lowest BCUT2D eigenvalue weighted by Gasteiger charge is -2.14. The number of hydrogen-bond acceptors (Lipinski definition) is 6. The molecule has 9 heteroatoms. The van der Waals surface area contributed by atoms with Crippen LogP contribution in [0.1, 0.15) is 6.42 Å². The lowest BCUT2D eigenvalue weighted by Crippen LogP contribution is -2.25. The zero-order valence-corrected chi connectivity index (χ0v) is 9.44. The Bertz CT molecular complexity index is 611. The Hall–Kier alpha value is -2.84. The summed E-state index contributed by atoms with van der Waals surface area (Å²) in [6.07, 6.45) is -0.311. The molecule has 1 aromatic rings. The lowest BCUT2D eigenvalue weighted by atomic mass is 10.2. The van der Waals surface area contributed by atoms with E-state index in [1.54, 1.807) is 0 Å². The van der Waals surface area contributed by atoms with Gasteiger partial charge in [0.1, 0.15) is 5.69 Å². The molecule has 1 aliphatic rings. The van der Waals surface area contributed by atoms with Crippen molar-refractivity contribution in [3.05, 3.63) is 38.4 Å². The molecule has 1 fully saturated rings. The normalized spacial score (nSPS) is 14.8. The van der Waals surface area contributed by atoms with E-state index in [4.69, 9.17) is 0 Å². The van der Waals surface area contributed by atoms with Gasteiger partial charge in [0.05, 0.1) is 28.9 Å². The van der Waals surface area contributed by atoms with E-state index in [1.165, 1.54) is 0 Å². The highest BCUT2D eigenvalue weighted by molar-refractivity contribution is 6.15. The standard InChI is InChI=1S/C10H7N3O6/c14-7-4-10(15)11(5-7)8-2-1-6(12(16)17)3-9(8)13(18)19/h1-3H,4-5H2. The second-order valence-corrected chi connectivity index (χ2v) is 3.88. The third-order valence-corrected chi connectivity index (χ3v) is 2.64. The van der Waals surface area contributed by atoms with Gasteiger partial charge in [-0.1, -0.05) is 0 Å². The Labute approximate surface area is 105 Å². The van der Waals surface area contributed by atoms with Crippen molar-refractivity contribution in [1.29, 1.82) is 0 Å². The highest BCUT2D eigenvalue weighted by Crippen LogP contribution is 2.33. The Kier molecular flexibility index (Phi) is 2.95. The monoisotopic (exact) mass is 265 g/mol. The Morgan fingerprint density at radius 3 is 2.26 bits per heavy atom. The topological polar surface area (TPSA) is 124 Å². The van der Waals surface area contributed by atoms with Crippen LogP contribution in [0.4, 0.5) is 17.1 Å². The molecule has 0 aliphatic carbocycles. The molecule has 0 atom stereocenters. The van der Waals surface area contributed by atoms with E-state index in [1.807, 2.05) is 0 Å². The molecule has 1 aromatic carbocycles. The summed E-state index contributed by atoms with van der Waals surface area (Å²) in [6, 6.07) is 2.93. The summed E-state index contributed by atoms with van der Waals surface area (Å²) < 4.78 is 0. The molecule has 0 aromatic heterocycles. The first kappa shape index (κ1) is 12.6. The minimum absolute atomic E-state index is 0.105. The van der Waals surface area contributed by atoms with E-state index in [0.29, 0.717) is 0 Å². The zero-order valence-electron chi connectivity index (χ0n) is 9.44. The van der Waals surface area contributed by atoms with Gasteiger partial charge in [-0.15, -0.1) is 0 Å². The van der Waals surface area contributed by atoms with Crippen LogP contribution in [-0.2, 0) is 9.59 Å². The number of benzene rings is 1. The predicted octanol–water partition coefficient (Wildman–Crippen LogP) is 0.809. The van der Waals surface area contributed by atoms with Crippen LogP contribution in [-0.4, -0.2) is 28.1 Å². The van der Waals surface area contributed by atoms with E-state index in [2.05, 4.69) is 0 Å². The number of amides is 1. The summed E-state index contributed by atoms with van der Waals surface area (Å²) in [7, 11) is 0. The van der Waals surface area contributed by atoms with Crippen molar-refractivity contribution in [3.8, 4) is 0 Å². The van der Waals surface area contributed by atoms with Gasteiger partial charge in [0, 0.05) is 6.07 Å². The maximum Gasteiger partial charge on any atom is 0.299 e. The average Bonchev–Trinajstić information content (AvgIpc) is 2.67. The largest absolute Gasteiger partial charge is 0.299 e. The number of nitro benzene ring substituents is 2. The number of nitro groups is 2. The average molecular weight is 265 g/mol. The van der Waals surface area contributed by atoms with Crippen LogP contribution in [0.3, 0.4) is 0 Å². The molecule has 98 valence electrons. The van der Waals surface area contributed by atoms with Crippen molar-refractivity contribution >= 4 is 28.8 Å². The van der Waals surface area contributed by atoms with E-state index in [9.17, 15) is 29.8 Å². The molecule has 2 rings (SSSR count). The second kappa shape index (κ2) is 4.44. The number of ketones is 1. The number of rotatable bonds is 3. The first-order valence-electron chi connectivity index (χ1n) is 5.15. The number of nitrogens with zero attached hydrogens (tertiary/aromatic N) is 3. The van der Waals surface area contributed by atoms with E-state index >= 15 is 0 Å². The summed E-state index contributed by atoms with van der Waals surface area (Å²) >= 11 is 0. The van der Waals surface area contributed by atoms with Crippen LogP contribution in [0.5, 0.6) is 0 Å². The van der Waals surface area contributed by atoms with Gasteiger partial charge in [-0.2, -0.15) is 0 Å². The fourth-order valence-corrected chi connectivity index (χ4v) is 1.80. The van der Waals surface area contributed by atoms with Crippen molar-refractivity contribution in [2.45, 2.75) is 6.42 Å². The smallest absolute Gasteiger partial charge is 0.299 e. The van der Waals surface area contributed by atoms with Gasteiger partial charge in [0.25, 0.3) is 11.4 Å². The SMILES string of the molecule is O=C1CC(=O)N(c2ccc([N+](=O)[O-])cc2[N+](=O)[O-])C1. The van der Waals surface area contributed by atoms with Crippen molar-refractivity contribution in [2.24, 2.45) is 0 Å². The maximum absolute atomic E-state index is 11.5.